The van der Waals surface area contributed by atoms with E-state index in [2.05, 4.69) is 17.0 Å². The highest BCUT2D eigenvalue weighted by Crippen LogP contribution is 2.26. The van der Waals surface area contributed by atoms with E-state index in [1.165, 1.54) is 9.87 Å². The molecule has 0 N–H and O–H groups in total. The Morgan fingerprint density at radius 3 is 2.18 bits per heavy atom. The fraction of sp³-hybridized carbons (Fsp3) is 0.458. The summed E-state index contributed by atoms with van der Waals surface area (Å²) in [4.78, 5) is 17.0. The maximum Gasteiger partial charge on any atom is 0.243 e. The van der Waals surface area contributed by atoms with Crippen molar-refractivity contribution >= 4 is 15.9 Å². The minimum absolute atomic E-state index is 0.0857. The van der Waals surface area contributed by atoms with Crippen LogP contribution in [-0.2, 0) is 21.2 Å². The molecular weight excluding hydrogens is 448 g/mol. The lowest BCUT2D eigenvalue weighted by molar-refractivity contribution is -0.138. The summed E-state index contributed by atoms with van der Waals surface area (Å²) >= 11 is 0. The number of hydrogen-bond acceptors (Lipinski definition) is 4. The van der Waals surface area contributed by atoms with Crippen molar-refractivity contribution in [1.29, 1.82) is 0 Å². The number of carbonyl (C=O) groups is 1. The van der Waals surface area contributed by atoms with Gasteiger partial charge in [-0.2, -0.15) is 4.31 Å². The summed E-state index contributed by atoms with van der Waals surface area (Å²) in [5.41, 5.74) is 1.31. The van der Waals surface area contributed by atoms with Crippen molar-refractivity contribution in [2.45, 2.75) is 24.2 Å². The lowest BCUT2D eigenvalue weighted by Crippen LogP contribution is -2.52. The summed E-state index contributed by atoms with van der Waals surface area (Å²) in [5, 5.41) is 0. The second kappa shape index (κ2) is 10.3. The predicted molar refractivity (Wildman–Crippen MR) is 121 cm³/mol. The van der Waals surface area contributed by atoms with Crippen LogP contribution in [0.25, 0.3) is 0 Å². The number of piperidine rings is 1. The van der Waals surface area contributed by atoms with Gasteiger partial charge in [-0.1, -0.05) is 30.3 Å². The monoisotopic (exact) mass is 477 g/mol. The summed E-state index contributed by atoms with van der Waals surface area (Å²) in [6.07, 6.45) is 1.84. The van der Waals surface area contributed by atoms with Crippen LogP contribution in [0.3, 0.4) is 0 Å². The van der Waals surface area contributed by atoms with Gasteiger partial charge in [-0.15, -0.1) is 0 Å². The highest BCUT2D eigenvalue weighted by Gasteiger charge is 2.34. The van der Waals surface area contributed by atoms with Crippen LogP contribution in [0.4, 0.5) is 8.78 Å². The van der Waals surface area contributed by atoms with Crippen LogP contribution in [0.15, 0.2) is 53.4 Å². The zero-order valence-corrected chi connectivity index (χ0v) is 19.3. The highest BCUT2D eigenvalue weighted by molar-refractivity contribution is 7.89. The van der Waals surface area contributed by atoms with E-state index in [0.717, 1.165) is 38.2 Å². The Bertz CT molecular complexity index is 1070. The molecule has 178 valence electrons. The third-order valence-corrected chi connectivity index (χ3v) is 8.47. The third kappa shape index (κ3) is 5.59. The summed E-state index contributed by atoms with van der Waals surface area (Å²) < 4.78 is 53.4. The number of halogens is 2. The number of hydrogen-bond donors (Lipinski definition) is 0. The molecule has 0 bridgehead atoms. The first kappa shape index (κ1) is 23.8. The number of nitrogens with zero attached hydrogens (tertiary/aromatic N) is 3. The van der Waals surface area contributed by atoms with E-state index >= 15 is 0 Å². The standard InChI is InChI=1S/C24H29F2N3O3S/c25-22-7-6-21(18-23(22)26)33(31,32)29-12-9-20(10-13-29)24(30)28-16-14-27(15-17-28)11-8-19-4-2-1-3-5-19/h1-7,18,20H,8-17H2. The quantitative estimate of drug-likeness (QED) is 0.642. The van der Waals surface area contributed by atoms with Crippen LogP contribution in [0, 0.1) is 17.6 Å². The maximum atomic E-state index is 13.5. The molecular formula is C24H29F2N3O3S. The summed E-state index contributed by atoms with van der Waals surface area (Å²) in [7, 11) is -3.92. The van der Waals surface area contributed by atoms with E-state index in [4.69, 9.17) is 0 Å². The molecule has 2 aliphatic heterocycles. The summed E-state index contributed by atoms with van der Waals surface area (Å²) in [5.74, 6) is -2.40. The van der Waals surface area contributed by atoms with Crippen LogP contribution in [0.2, 0.25) is 0 Å². The summed E-state index contributed by atoms with van der Waals surface area (Å²) in [6.45, 7) is 4.38. The largest absolute Gasteiger partial charge is 0.340 e. The first-order valence-corrected chi connectivity index (χ1v) is 12.8. The second-order valence-corrected chi connectivity index (χ2v) is 10.6. The average Bonchev–Trinajstić information content (AvgIpc) is 2.85. The molecule has 0 spiro atoms. The Morgan fingerprint density at radius 1 is 0.879 bits per heavy atom. The van der Waals surface area contributed by atoms with Gasteiger partial charge in [0.15, 0.2) is 11.6 Å². The van der Waals surface area contributed by atoms with Crippen molar-refractivity contribution in [3.8, 4) is 0 Å². The molecule has 1 amide bonds. The zero-order valence-electron chi connectivity index (χ0n) is 18.5. The Balaban J connectivity index is 1.25. The lowest BCUT2D eigenvalue weighted by Gasteiger charge is -2.38. The third-order valence-electron chi connectivity index (χ3n) is 6.58. The van der Waals surface area contributed by atoms with Gasteiger partial charge in [0.25, 0.3) is 0 Å². The fourth-order valence-electron chi connectivity index (χ4n) is 4.51. The highest BCUT2D eigenvalue weighted by atomic mass is 32.2. The molecule has 0 aliphatic carbocycles. The molecule has 4 rings (SSSR count). The van der Waals surface area contributed by atoms with Crippen LogP contribution >= 0.6 is 0 Å². The Kier molecular flexibility index (Phi) is 7.41. The SMILES string of the molecule is O=C(C1CCN(S(=O)(=O)c2ccc(F)c(F)c2)CC1)N1CCN(CCc2ccccc2)CC1. The molecule has 2 aromatic rings. The van der Waals surface area contributed by atoms with E-state index in [1.807, 2.05) is 23.1 Å². The lowest BCUT2D eigenvalue weighted by atomic mass is 9.96. The first-order chi connectivity index (χ1) is 15.8. The number of amides is 1. The smallest absolute Gasteiger partial charge is 0.243 e. The second-order valence-electron chi connectivity index (χ2n) is 8.66. The molecule has 0 atom stereocenters. The van der Waals surface area contributed by atoms with Crippen molar-refractivity contribution in [2.24, 2.45) is 5.92 Å². The van der Waals surface area contributed by atoms with Gasteiger partial charge < -0.3 is 4.90 Å². The van der Waals surface area contributed by atoms with Gasteiger partial charge >= 0.3 is 0 Å². The van der Waals surface area contributed by atoms with E-state index in [-0.39, 0.29) is 29.8 Å². The molecule has 0 unspecified atom stereocenters. The zero-order chi connectivity index (χ0) is 23.4. The van der Waals surface area contributed by atoms with Crippen molar-refractivity contribution in [2.75, 3.05) is 45.8 Å². The van der Waals surface area contributed by atoms with Gasteiger partial charge in [0, 0.05) is 51.7 Å². The van der Waals surface area contributed by atoms with Gasteiger partial charge in [-0.05, 0) is 43.0 Å². The fourth-order valence-corrected chi connectivity index (χ4v) is 5.99. The van der Waals surface area contributed by atoms with Crippen molar-refractivity contribution < 1.29 is 22.0 Å². The van der Waals surface area contributed by atoms with Crippen LogP contribution in [-0.4, -0.2) is 74.2 Å². The van der Waals surface area contributed by atoms with Gasteiger partial charge in [0.05, 0.1) is 4.90 Å². The Hall–Kier alpha value is -2.36. The molecule has 0 aromatic heterocycles. The molecule has 0 saturated carbocycles. The van der Waals surface area contributed by atoms with Crippen molar-refractivity contribution in [1.82, 2.24) is 14.1 Å². The predicted octanol–water partition coefficient (Wildman–Crippen LogP) is 2.75. The molecule has 2 heterocycles. The average molecular weight is 478 g/mol. The number of carbonyl (C=O) groups excluding carboxylic acids is 1. The van der Waals surface area contributed by atoms with Crippen molar-refractivity contribution in [3.63, 3.8) is 0 Å². The molecule has 2 fully saturated rings. The number of piperazine rings is 1. The van der Waals surface area contributed by atoms with Gasteiger partial charge in [0.2, 0.25) is 15.9 Å². The van der Waals surface area contributed by atoms with E-state index < -0.39 is 21.7 Å². The van der Waals surface area contributed by atoms with Crippen molar-refractivity contribution in [3.05, 3.63) is 65.7 Å². The van der Waals surface area contributed by atoms with Gasteiger partial charge in [-0.25, -0.2) is 17.2 Å². The maximum absolute atomic E-state index is 13.5. The number of sulfonamides is 1. The van der Waals surface area contributed by atoms with Gasteiger partial charge in [-0.3, -0.25) is 9.69 Å². The van der Waals surface area contributed by atoms with Crippen LogP contribution in [0.1, 0.15) is 18.4 Å². The van der Waals surface area contributed by atoms with E-state index in [9.17, 15) is 22.0 Å². The van der Waals surface area contributed by atoms with Crippen LogP contribution < -0.4 is 0 Å². The van der Waals surface area contributed by atoms with Crippen LogP contribution in [0.5, 0.6) is 0 Å². The Morgan fingerprint density at radius 2 is 1.55 bits per heavy atom. The number of benzene rings is 2. The Labute approximate surface area is 193 Å². The minimum atomic E-state index is -3.92. The molecule has 0 radical (unpaired) electrons. The normalized spacial score (nSPS) is 19.0. The number of rotatable bonds is 6. The molecule has 2 aliphatic rings. The molecule has 33 heavy (non-hydrogen) atoms. The summed E-state index contributed by atoms with van der Waals surface area (Å²) in [6, 6.07) is 12.9. The molecule has 2 aromatic carbocycles. The van der Waals surface area contributed by atoms with E-state index in [1.54, 1.807) is 0 Å². The first-order valence-electron chi connectivity index (χ1n) is 11.3. The van der Waals surface area contributed by atoms with Gasteiger partial charge in [0.1, 0.15) is 0 Å². The van der Waals surface area contributed by atoms with E-state index in [0.29, 0.717) is 32.0 Å². The molecule has 6 nitrogen and oxygen atoms in total. The molecule has 9 heteroatoms. The molecule has 2 saturated heterocycles. The minimum Gasteiger partial charge on any atom is -0.340 e. The topological polar surface area (TPSA) is 60.9 Å².